The van der Waals surface area contributed by atoms with Crippen molar-refractivity contribution in [1.82, 2.24) is 24.8 Å². The molecule has 0 aliphatic carbocycles. The molecular weight excluding hydrogens is 504 g/mol. The van der Waals surface area contributed by atoms with E-state index >= 15 is 0 Å². The highest BCUT2D eigenvalue weighted by Gasteiger charge is 2.16. The van der Waals surface area contributed by atoms with Gasteiger partial charge >= 0.3 is 12.1 Å². The molecule has 0 bridgehead atoms. The van der Waals surface area contributed by atoms with Gasteiger partial charge in [0.15, 0.2) is 6.10 Å². The zero-order valence-electron chi connectivity index (χ0n) is 22.9. The number of carboxylic acids is 1. The molecule has 3 aromatic rings. The predicted octanol–water partition coefficient (Wildman–Crippen LogP) is 2.32. The molecule has 0 saturated carbocycles. The van der Waals surface area contributed by atoms with E-state index in [2.05, 4.69) is 58.2 Å². The van der Waals surface area contributed by atoms with Crippen molar-refractivity contribution in [1.29, 1.82) is 0 Å². The number of nitrogens with zero attached hydrogens (tertiary/aromatic N) is 4. The SMILES string of the molecule is Cc1cc(C)c2nc(-c3cnc(NCCCC4CCN(C)CC4)nc3C)[nH]c2c1.O=C(O)[C@H](O)CO.O=C=O. The van der Waals surface area contributed by atoms with E-state index in [0.717, 1.165) is 40.6 Å². The number of likely N-dealkylation sites (tertiary alicyclic amines) is 1. The fourth-order valence-electron chi connectivity index (χ4n) is 4.40. The number of anilines is 1. The molecule has 2 aromatic heterocycles. The molecule has 0 amide bonds. The number of nitrogens with one attached hydrogen (secondary N) is 2. The van der Waals surface area contributed by atoms with Crippen molar-refractivity contribution in [2.45, 2.75) is 52.6 Å². The monoisotopic (exact) mass is 542 g/mol. The number of aliphatic hydroxyl groups excluding tert-OH is 2. The number of aromatic amines is 1. The topological polar surface area (TPSA) is 182 Å². The largest absolute Gasteiger partial charge is 0.479 e. The summed E-state index contributed by atoms with van der Waals surface area (Å²) >= 11 is 0. The molecule has 12 nitrogen and oxygen atoms in total. The third kappa shape index (κ3) is 9.84. The quantitative estimate of drug-likeness (QED) is 0.263. The summed E-state index contributed by atoms with van der Waals surface area (Å²) in [5.41, 5.74) is 6.39. The number of benzene rings is 1. The molecule has 0 spiro atoms. The van der Waals surface area contributed by atoms with Crippen LogP contribution in [0.5, 0.6) is 0 Å². The molecule has 1 saturated heterocycles. The first-order chi connectivity index (χ1) is 18.6. The Morgan fingerprint density at radius 3 is 2.44 bits per heavy atom. The van der Waals surface area contributed by atoms with E-state index in [1.807, 2.05) is 13.1 Å². The maximum Gasteiger partial charge on any atom is 0.373 e. The Hall–Kier alpha value is -3.70. The minimum Gasteiger partial charge on any atom is -0.479 e. The van der Waals surface area contributed by atoms with Gasteiger partial charge in [0.05, 0.1) is 28.9 Å². The number of hydrogen-bond acceptors (Lipinski definition) is 10. The highest BCUT2D eigenvalue weighted by atomic mass is 16.4. The molecule has 12 heteroatoms. The minimum absolute atomic E-state index is 0.250. The van der Waals surface area contributed by atoms with Crippen LogP contribution in [0.25, 0.3) is 22.4 Å². The zero-order valence-corrected chi connectivity index (χ0v) is 22.9. The molecule has 1 aromatic carbocycles. The van der Waals surface area contributed by atoms with Gasteiger partial charge in [-0.05, 0) is 89.7 Å². The van der Waals surface area contributed by atoms with Crippen molar-refractivity contribution in [2.24, 2.45) is 5.92 Å². The second kappa shape index (κ2) is 15.6. The first-order valence-electron chi connectivity index (χ1n) is 12.8. The Labute approximate surface area is 227 Å². The highest BCUT2D eigenvalue weighted by Crippen LogP contribution is 2.25. The van der Waals surface area contributed by atoms with Gasteiger partial charge in [0, 0.05) is 12.7 Å². The first kappa shape index (κ1) is 31.5. The van der Waals surface area contributed by atoms with Crippen LogP contribution in [0.15, 0.2) is 18.3 Å². The number of hydrogen-bond donors (Lipinski definition) is 5. The minimum atomic E-state index is -1.63. The van der Waals surface area contributed by atoms with Crippen molar-refractivity contribution in [3.8, 4) is 11.4 Å². The predicted molar refractivity (Wildman–Crippen MR) is 145 cm³/mol. The Morgan fingerprint density at radius 2 is 1.87 bits per heavy atom. The van der Waals surface area contributed by atoms with Crippen molar-refractivity contribution in [2.75, 3.05) is 38.6 Å². The lowest BCUT2D eigenvalue weighted by Crippen LogP contribution is -2.30. The smallest absolute Gasteiger partial charge is 0.373 e. The van der Waals surface area contributed by atoms with Gasteiger partial charge in [-0.2, -0.15) is 9.59 Å². The second-order valence-corrected chi connectivity index (χ2v) is 9.69. The van der Waals surface area contributed by atoms with Gasteiger partial charge in [0.1, 0.15) is 5.82 Å². The molecule has 0 radical (unpaired) electrons. The zero-order chi connectivity index (χ0) is 28.9. The maximum atomic E-state index is 9.52. The van der Waals surface area contributed by atoms with Gasteiger partial charge in [-0.1, -0.05) is 6.07 Å². The van der Waals surface area contributed by atoms with E-state index in [9.17, 15) is 4.79 Å². The molecule has 1 aliphatic heterocycles. The highest BCUT2D eigenvalue weighted by molar-refractivity contribution is 5.83. The number of imidazole rings is 1. The third-order valence-electron chi connectivity index (χ3n) is 6.52. The second-order valence-electron chi connectivity index (χ2n) is 9.69. The summed E-state index contributed by atoms with van der Waals surface area (Å²) in [5, 5.41) is 27.1. The number of aromatic nitrogens is 4. The number of aryl methyl sites for hydroxylation is 3. The maximum absolute atomic E-state index is 9.52. The van der Waals surface area contributed by atoms with Crippen LogP contribution in [0.2, 0.25) is 0 Å². The average molecular weight is 543 g/mol. The van der Waals surface area contributed by atoms with Crippen LogP contribution in [0, 0.1) is 26.7 Å². The van der Waals surface area contributed by atoms with Gasteiger partial charge < -0.3 is 30.5 Å². The standard InChI is InChI=1S/C23H32N6.C3H6O4.CO2/c1-15-12-16(2)21-20(13-15)27-22(28-21)19-14-25-23(26-17(19)3)24-9-5-6-18-7-10-29(4)11-8-18;4-1-2(5)3(6)7;2-1-3/h12-14,18H,5-11H2,1-4H3,(H,27,28)(H,24,25,26);2,4-5H,1H2,(H,6,7);/t;2-;/m.1./s1. The number of H-pyrrole nitrogens is 1. The summed E-state index contributed by atoms with van der Waals surface area (Å²) in [6.07, 6.45) is 5.62. The van der Waals surface area contributed by atoms with Gasteiger partial charge in [-0.15, -0.1) is 0 Å². The molecule has 1 fully saturated rings. The van der Waals surface area contributed by atoms with E-state index in [1.165, 1.54) is 49.9 Å². The van der Waals surface area contributed by atoms with E-state index in [4.69, 9.17) is 29.9 Å². The average Bonchev–Trinajstić information content (AvgIpc) is 3.32. The van der Waals surface area contributed by atoms with Crippen LogP contribution in [0.4, 0.5) is 5.95 Å². The number of carbonyl (C=O) groups excluding carboxylic acids is 2. The van der Waals surface area contributed by atoms with Crippen molar-refractivity contribution >= 4 is 29.1 Å². The van der Waals surface area contributed by atoms with Gasteiger partial charge in [0.2, 0.25) is 5.95 Å². The van der Waals surface area contributed by atoms with Crippen LogP contribution >= 0.6 is 0 Å². The lowest BCUT2D eigenvalue weighted by Gasteiger charge is -2.28. The Kier molecular flexibility index (Phi) is 12.6. The Bertz CT molecular complexity index is 1250. The van der Waals surface area contributed by atoms with E-state index < -0.39 is 18.7 Å². The normalized spacial score (nSPS) is 14.4. The molecule has 212 valence electrons. The molecule has 0 unspecified atom stereocenters. The number of aliphatic carboxylic acids is 1. The summed E-state index contributed by atoms with van der Waals surface area (Å²) in [6, 6.07) is 4.30. The molecular formula is C27H38N6O6. The lowest BCUT2D eigenvalue weighted by molar-refractivity contribution is -0.191. The van der Waals surface area contributed by atoms with Crippen LogP contribution in [0.3, 0.4) is 0 Å². The summed E-state index contributed by atoms with van der Waals surface area (Å²) in [7, 11) is 2.22. The number of carboxylic acid groups (broad SMARTS) is 1. The third-order valence-corrected chi connectivity index (χ3v) is 6.52. The first-order valence-corrected chi connectivity index (χ1v) is 12.8. The van der Waals surface area contributed by atoms with Crippen LogP contribution in [0.1, 0.15) is 42.5 Å². The van der Waals surface area contributed by atoms with Crippen molar-refractivity contribution in [3.63, 3.8) is 0 Å². The van der Waals surface area contributed by atoms with Crippen molar-refractivity contribution < 1.29 is 29.7 Å². The fourth-order valence-corrected chi connectivity index (χ4v) is 4.40. The number of rotatable bonds is 8. The number of carbonyl (C=O) groups is 1. The van der Waals surface area contributed by atoms with Crippen molar-refractivity contribution in [3.05, 3.63) is 35.2 Å². The van der Waals surface area contributed by atoms with Gasteiger partial charge in [0.25, 0.3) is 0 Å². The number of piperidine rings is 1. The molecule has 1 aliphatic rings. The molecule has 1 atom stereocenters. The summed E-state index contributed by atoms with van der Waals surface area (Å²) in [5.74, 6) is 1.01. The number of fused-ring (bicyclic) bond motifs is 1. The van der Waals surface area contributed by atoms with Gasteiger partial charge in [-0.3, -0.25) is 0 Å². The lowest BCUT2D eigenvalue weighted by atomic mass is 9.92. The van der Waals surface area contributed by atoms with Crippen LogP contribution in [-0.2, 0) is 14.4 Å². The molecule has 4 rings (SSSR count). The fraction of sp³-hybridized carbons (Fsp3) is 0.519. The summed E-state index contributed by atoms with van der Waals surface area (Å²) in [4.78, 5) is 45.6. The van der Waals surface area contributed by atoms with E-state index in [-0.39, 0.29) is 6.15 Å². The van der Waals surface area contributed by atoms with E-state index in [1.54, 1.807) is 0 Å². The molecule has 5 N–H and O–H groups in total. The van der Waals surface area contributed by atoms with E-state index in [0.29, 0.717) is 5.95 Å². The van der Waals surface area contributed by atoms with Crippen LogP contribution < -0.4 is 5.32 Å². The van der Waals surface area contributed by atoms with Gasteiger partial charge in [-0.25, -0.2) is 19.7 Å². The summed E-state index contributed by atoms with van der Waals surface area (Å²) in [6.45, 7) is 8.90. The number of aliphatic hydroxyl groups is 2. The molecule has 3 heterocycles. The van der Waals surface area contributed by atoms with Crippen LogP contribution in [-0.4, -0.2) is 91.7 Å². The summed E-state index contributed by atoms with van der Waals surface area (Å²) < 4.78 is 0. The Balaban J connectivity index is 0.000000459. The molecule has 39 heavy (non-hydrogen) atoms. The Morgan fingerprint density at radius 1 is 1.21 bits per heavy atom.